The van der Waals surface area contributed by atoms with Crippen molar-refractivity contribution in [1.29, 1.82) is 5.26 Å². The molecule has 128 valence electrons. The highest BCUT2D eigenvalue weighted by molar-refractivity contribution is 5.90. The van der Waals surface area contributed by atoms with Crippen LogP contribution >= 0.6 is 0 Å². The monoisotopic (exact) mass is 348 g/mol. The first-order valence-corrected chi connectivity index (χ1v) is 7.60. The van der Waals surface area contributed by atoms with Crippen molar-refractivity contribution in [1.82, 2.24) is 5.43 Å². The topological polar surface area (TPSA) is 90.4 Å². The van der Waals surface area contributed by atoms with Crippen LogP contribution in [0.2, 0.25) is 0 Å². The number of anilines is 1. The summed E-state index contributed by atoms with van der Waals surface area (Å²) in [5.74, 6) is 0.683. The number of hydrazone groups is 1. The molecule has 2 N–H and O–H groups in total. The minimum atomic E-state index is -0.563. The highest BCUT2D eigenvalue weighted by atomic mass is 19.1. The predicted octanol–water partition coefficient (Wildman–Crippen LogP) is 4.11. The van der Waals surface area contributed by atoms with Crippen molar-refractivity contribution in [2.24, 2.45) is 5.10 Å². The molecule has 3 rings (SSSR count). The number of nitrogens with zero attached hydrogens (tertiary/aromatic N) is 2. The third-order valence-electron chi connectivity index (χ3n) is 3.39. The zero-order valence-electron chi connectivity index (χ0n) is 13.4. The molecule has 2 amide bonds. The fraction of sp³-hybridized carbons (Fsp3) is 0. The minimum Gasteiger partial charge on any atom is -0.455 e. The number of amides is 2. The summed E-state index contributed by atoms with van der Waals surface area (Å²) in [4.78, 5) is 11.7. The van der Waals surface area contributed by atoms with Crippen LogP contribution in [0.3, 0.4) is 0 Å². The number of furan rings is 1. The molecular formula is C19H13FN4O2. The summed E-state index contributed by atoms with van der Waals surface area (Å²) >= 11 is 0. The summed E-state index contributed by atoms with van der Waals surface area (Å²) in [5, 5.41) is 15.1. The van der Waals surface area contributed by atoms with Gasteiger partial charge in [0.15, 0.2) is 0 Å². The van der Waals surface area contributed by atoms with Crippen LogP contribution in [0, 0.1) is 17.1 Å². The molecular weight excluding hydrogens is 335 g/mol. The molecule has 7 heteroatoms. The Balaban J connectivity index is 1.57. The van der Waals surface area contributed by atoms with Crippen molar-refractivity contribution in [2.75, 3.05) is 5.32 Å². The molecule has 0 aliphatic rings. The predicted molar refractivity (Wildman–Crippen MR) is 95.0 cm³/mol. The van der Waals surface area contributed by atoms with Crippen LogP contribution in [-0.2, 0) is 0 Å². The smallest absolute Gasteiger partial charge is 0.339 e. The van der Waals surface area contributed by atoms with Crippen LogP contribution in [0.4, 0.5) is 14.9 Å². The molecule has 0 fully saturated rings. The van der Waals surface area contributed by atoms with E-state index in [1.54, 1.807) is 36.4 Å². The lowest BCUT2D eigenvalue weighted by Crippen LogP contribution is -2.24. The van der Waals surface area contributed by atoms with Crippen molar-refractivity contribution < 1.29 is 13.6 Å². The average molecular weight is 348 g/mol. The van der Waals surface area contributed by atoms with Gasteiger partial charge < -0.3 is 9.73 Å². The number of halogens is 1. The Morgan fingerprint density at radius 2 is 1.81 bits per heavy atom. The normalized spacial score (nSPS) is 10.5. The van der Waals surface area contributed by atoms with Crippen molar-refractivity contribution in [2.45, 2.75) is 0 Å². The number of rotatable bonds is 4. The van der Waals surface area contributed by atoms with Crippen molar-refractivity contribution in [3.8, 4) is 17.4 Å². The average Bonchev–Trinajstić information content (AvgIpc) is 3.12. The van der Waals surface area contributed by atoms with Gasteiger partial charge in [-0.15, -0.1) is 0 Å². The van der Waals surface area contributed by atoms with E-state index in [4.69, 9.17) is 9.68 Å². The number of nitrogens with one attached hydrogen (secondary N) is 2. The fourth-order valence-corrected chi connectivity index (χ4v) is 2.13. The van der Waals surface area contributed by atoms with Crippen LogP contribution in [0.1, 0.15) is 11.3 Å². The van der Waals surface area contributed by atoms with Crippen LogP contribution in [-0.4, -0.2) is 12.2 Å². The number of carbonyl (C=O) groups excluding carboxylic acids is 1. The molecule has 1 heterocycles. The van der Waals surface area contributed by atoms with E-state index < -0.39 is 6.03 Å². The lowest BCUT2D eigenvalue weighted by atomic mass is 10.1. The second-order valence-electron chi connectivity index (χ2n) is 5.22. The molecule has 3 aromatic rings. The molecule has 26 heavy (non-hydrogen) atoms. The maximum absolute atomic E-state index is 12.8. The van der Waals surface area contributed by atoms with E-state index in [2.05, 4.69) is 21.9 Å². The molecule has 0 spiro atoms. The summed E-state index contributed by atoms with van der Waals surface area (Å²) in [6.07, 6.45) is 1.36. The fourth-order valence-electron chi connectivity index (χ4n) is 2.13. The third-order valence-corrected chi connectivity index (χ3v) is 3.39. The first-order valence-electron chi connectivity index (χ1n) is 7.60. The Labute approximate surface area is 148 Å². The number of hydrogen-bond acceptors (Lipinski definition) is 4. The summed E-state index contributed by atoms with van der Waals surface area (Å²) < 4.78 is 18.4. The second-order valence-corrected chi connectivity index (χ2v) is 5.22. The van der Waals surface area contributed by atoms with Crippen LogP contribution < -0.4 is 10.7 Å². The number of carbonyl (C=O) groups is 1. The van der Waals surface area contributed by atoms with Gasteiger partial charge >= 0.3 is 6.03 Å². The van der Waals surface area contributed by atoms with Gasteiger partial charge in [-0.1, -0.05) is 0 Å². The Hall–Kier alpha value is -3.92. The summed E-state index contributed by atoms with van der Waals surface area (Å²) in [6.45, 7) is 0. The van der Waals surface area contributed by atoms with Gasteiger partial charge in [-0.2, -0.15) is 10.4 Å². The van der Waals surface area contributed by atoms with E-state index in [0.717, 1.165) is 5.56 Å². The Kier molecular flexibility index (Phi) is 5.05. The number of hydrogen-bond donors (Lipinski definition) is 2. The Bertz CT molecular complexity index is 970. The molecule has 0 radical (unpaired) electrons. The van der Waals surface area contributed by atoms with Gasteiger partial charge in [0.2, 0.25) is 0 Å². The number of nitriles is 1. The van der Waals surface area contributed by atoms with Crippen LogP contribution in [0.15, 0.2) is 70.2 Å². The van der Waals surface area contributed by atoms with E-state index in [1.807, 2.05) is 0 Å². The molecule has 0 aliphatic heterocycles. The highest BCUT2D eigenvalue weighted by Gasteiger charge is 2.04. The van der Waals surface area contributed by atoms with Crippen LogP contribution in [0.25, 0.3) is 11.3 Å². The minimum absolute atomic E-state index is 0.384. The van der Waals surface area contributed by atoms with Gasteiger partial charge in [-0.05, 0) is 60.7 Å². The SMILES string of the molecule is N#Cc1ccc(-c2ccc(/C=N/NC(=O)Nc3ccc(F)cc3)o2)cc1. The third kappa shape index (κ3) is 4.33. The summed E-state index contributed by atoms with van der Waals surface area (Å²) in [5.41, 5.74) is 4.13. The number of benzene rings is 2. The van der Waals surface area contributed by atoms with Crippen LogP contribution in [0.5, 0.6) is 0 Å². The molecule has 0 unspecified atom stereocenters. The van der Waals surface area contributed by atoms with E-state index >= 15 is 0 Å². The largest absolute Gasteiger partial charge is 0.455 e. The lowest BCUT2D eigenvalue weighted by Gasteiger charge is -2.03. The van der Waals surface area contributed by atoms with Crippen molar-refractivity contribution in [3.63, 3.8) is 0 Å². The molecule has 0 aliphatic carbocycles. The molecule has 0 bridgehead atoms. The Morgan fingerprint density at radius 3 is 2.50 bits per heavy atom. The Morgan fingerprint density at radius 1 is 1.08 bits per heavy atom. The van der Waals surface area contributed by atoms with Gasteiger partial charge in [-0.25, -0.2) is 14.6 Å². The highest BCUT2D eigenvalue weighted by Crippen LogP contribution is 2.21. The van der Waals surface area contributed by atoms with Gasteiger partial charge in [-0.3, -0.25) is 0 Å². The van der Waals surface area contributed by atoms with Gasteiger partial charge in [0.25, 0.3) is 0 Å². The van der Waals surface area contributed by atoms with Crippen molar-refractivity contribution in [3.05, 3.63) is 77.8 Å². The molecule has 2 aromatic carbocycles. The zero-order valence-corrected chi connectivity index (χ0v) is 13.4. The van der Waals surface area contributed by atoms with E-state index in [1.165, 1.54) is 30.5 Å². The van der Waals surface area contributed by atoms with Crippen molar-refractivity contribution >= 4 is 17.9 Å². The van der Waals surface area contributed by atoms with E-state index in [-0.39, 0.29) is 5.82 Å². The van der Waals surface area contributed by atoms with Gasteiger partial charge in [0, 0.05) is 11.3 Å². The summed E-state index contributed by atoms with van der Waals surface area (Å²) in [7, 11) is 0. The second kappa shape index (κ2) is 7.77. The first kappa shape index (κ1) is 16.9. The van der Waals surface area contributed by atoms with E-state index in [9.17, 15) is 9.18 Å². The standard InChI is InChI=1S/C19H13FN4O2/c20-15-5-7-16(8-6-15)23-19(25)24-22-12-17-9-10-18(26-17)14-3-1-13(11-21)2-4-14/h1-10,12H,(H2,23,24,25)/b22-12+. The maximum Gasteiger partial charge on any atom is 0.339 e. The molecule has 0 atom stereocenters. The zero-order chi connectivity index (χ0) is 18.4. The summed E-state index contributed by atoms with van der Waals surface area (Å²) in [6, 6.07) is 17.3. The molecule has 6 nitrogen and oxygen atoms in total. The maximum atomic E-state index is 12.8. The van der Waals surface area contributed by atoms with Gasteiger partial charge in [0.1, 0.15) is 17.3 Å². The lowest BCUT2D eigenvalue weighted by molar-refractivity contribution is 0.252. The quantitative estimate of drug-likeness (QED) is 0.549. The van der Waals surface area contributed by atoms with E-state index in [0.29, 0.717) is 22.8 Å². The number of urea groups is 1. The molecule has 0 saturated heterocycles. The van der Waals surface area contributed by atoms with Gasteiger partial charge in [0.05, 0.1) is 17.8 Å². The molecule has 0 saturated carbocycles. The molecule has 1 aromatic heterocycles. The first-order chi connectivity index (χ1) is 12.6.